The van der Waals surface area contributed by atoms with Gasteiger partial charge in [0.15, 0.2) is 5.76 Å². The van der Waals surface area contributed by atoms with Gasteiger partial charge in [0, 0.05) is 0 Å². The number of benzene rings is 1. The molecule has 5 nitrogen and oxygen atoms in total. The van der Waals surface area contributed by atoms with Crippen molar-refractivity contribution in [1.82, 2.24) is 0 Å². The molecule has 2 atom stereocenters. The Kier molecular flexibility index (Phi) is 4.83. The highest BCUT2D eigenvalue weighted by atomic mass is 35.5. The molecule has 0 radical (unpaired) electrons. The lowest BCUT2D eigenvalue weighted by Crippen LogP contribution is -2.17. The van der Waals surface area contributed by atoms with E-state index in [1.807, 2.05) is 0 Å². The van der Waals surface area contributed by atoms with Gasteiger partial charge in [0.05, 0.1) is 22.6 Å². The van der Waals surface area contributed by atoms with Crippen LogP contribution in [0.2, 0.25) is 10.0 Å². The maximum atomic E-state index is 12.6. The topological polar surface area (TPSA) is 76.7 Å². The second-order valence-corrected chi connectivity index (χ2v) is 6.43. The molecule has 0 amide bonds. The standard InChI is InChI=1S/C17H14Cl2O5/c18-12-8-23-16(14(12)19)15(20)11-3-1-2-4-13(11)24-10-6-5-9(7-10)17(21)22/h1-4,8-10H,5-7H2,(H,21,22)/t9-,10-/m0/s1. The van der Waals surface area contributed by atoms with E-state index in [9.17, 15) is 9.59 Å². The van der Waals surface area contributed by atoms with Gasteiger partial charge in [-0.25, -0.2) is 0 Å². The molecule has 1 fully saturated rings. The highest BCUT2D eigenvalue weighted by molar-refractivity contribution is 6.44. The normalized spacial score (nSPS) is 20.1. The molecule has 0 saturated heterocycles. The van der Waals surface area contributed by atoms with Crippen LogP contribution in [-0.4, -0.2) is 23.0 Å². The lowest BCUT2D eigenvalue weighted by atomic mass is 10.1. The van der Waals surface area contributed by atoms with Crippen molar-refractivity contribution in [2.24, 2.45) is 5.92 Å². The Hall–Kier alpha value is -1.98. The minimum Gasteiger partial charge on any atom is -0.490 e. The van der Waals surface area contributed by atoms with E-state index in [1.54, 1.807) is 24.3 Å². The zero-order valence-electron chi connectivity index (χ0n) is 12.5. The summed E-state index contributed by atoms with van der Waals surface area (Å²) in [5, 5.41) is 9.30. The molecule has 7 heteroatoms. The highest BCUT2D eigenvalue weighted by Crippen LogP contribution is 2.34. The number of carboxylic acid groups (broad SMARTS) is 1. The first-order valence-electron chi connectivity index (χ1n) is 7.43. The van der Waals surface area contributed by atoms with Crippen molar-refractivity contribution in [2.45, 2.75) is 25.4 Å². The first-order valence-corrected chi connectivity index (χ1v) is 8.18. The van der Waals surface area contributed by atoms with E-state index in [0.717, 1.165) is 0 Å². The number of carboxylic acids is 1. The van der Waals surface area contributed by atoms with Crippen LogP contribution >= 0.6 is 23.2 Å². The molecule has 1 aliphatic carbocycles. The number of carbonyl (C=O) groups excluding carboxylic acids is 1. The Morgan fingerprint density at radius 2 is 1.96 bits per heavy atom. The van der Waals surface area contributed by atoms with E-state index in [1.165, 1.54) is 6.26 Å². The fraction of sp³-hybridized carbons (Fsp3) is 0.294. The van der Waals surface area contributed by atoms with Crippen molar-refractivity contribution in [3.8, 4) is 5.75 Å². The van der Waals surface area contributed by atoms with Gasteiger partial charge in [-0.05, 0) is 31.4 Å². The molecule has 0 bridgehead atoms. The Labute approximate surface area is 148 Å². The number of furan rings is 1. The van der Waals surface area contributed by atoms with Crippen LogP contribution in [-0.2, 0) is 4.79 Å². The van der Waals surface area contributed by atoms with Crippen LogP contribution in [0.15, 0.2) is 34.9 Å². The maximum absolute atomic E-state index is 12.6. The van der Waals surface area contributed by atoms with Crippen molar-refractivity contribution < 1.29 is 23.8 Å². The number of ether oxygens (including phenoxy) is 1. The number of hydrogen-bond acceptors (Lipinski definition) is 4. The molecule has 1 aliphatic rings. The average Bonchev–Trinajstić information content (AvgIpc) is 3.15. The van der Waals surface area contributed by atoms with E-state index in [0.29, 0.717) is 30.6 Å². The molecule has 3 rings (SSSR count). The molecule has 2 aromatic rings. The minimum absolute atomic E-state index is 0.0486. The van der Waals surface area contributed by atoms with E-state index in [2.05, 4.69) is 0 Å². The first kappa shape index (κ1) is 16.9. The van der Waals surface area contributed by atoms with Crippen molar-refractivity contribution in [3.05, 3.63) is 51.9 Å². The third-order valence-corrected chi connectivity index (χ3v) is 4.80. The Morgan fingerprint density at radius 1 is 1.21 bits per heavy atom. The number of aliphatic carboxylic acids is 1. The van der Waals surface area contributed by atoms with Crippen LogP contribution in [0.25, 0.3) is 0 Å². The number of hydrogen-bond donors (Lipinski definition) is 1. The number of ketones is 1. The van der Waals surface area contributed by atoms with E-state index < -0.39 is 17.7 Å². The largest absolute Gasteiger partial charge is 0.490 e. The van der Waals surface area contributed by atoms with E-state index >= 15 is 0 Å². The predicted molar refractivity (Wildman–Crippen MR) is 88.0 cm³/mol. The summed E-state index contributed by atoms with van der Waals surface area (Å²) in [5.74, 6) is -1.33. The number of para-hydroxylation sites is 1. The number of carbonyl (C=O) groups is 2. The van der Waals surface area contributed by atoms with Gasteiger partial charge in [-0.2, -0.15) is 0 Å². The van der Waals surface area contributed by atoms with Crippen LogP contribution in [0.4, 0.5) is 0 Å². The van der Waals surface area contributed by atoms with Crippen molar-refractivity contribution in [1.29, 1.82) is 0 Å². The third-order valence-electron chi connectivity index (χ3n) is 4.05. The average molecular weight is 369 g/mol. The lowest BCUT2D eigenvalue weighted by Gasteiger charge is -2.16. The van der Waals surface area contributed by atoms with E-state index in [4.69, 9.17) is 37.5 Å². The van der Waals surface area contributed by atoms with Gasteiger partial charge >= 0.3 is 5.97 Å². The molecule has 126 valence electrons. The second-order valence-electron chi connectivity index (χ2n) is 5.64. The predicted octanol–water partition coefficient (Wildman–Crippen LogP) is 4.45. The summed E-state index contributed by atoms with van der Waals surface area (Å²) in [6.45, 7) is 0. The van der Waals surface area contributed by atoms with Gasteiger partial charge in [0.2, 0.25) is 5.78 Å². The summed E-state index contributed by atoms with van der Waals surface area (Å²) < 4.78 is 11.0. The van der Waals surface area contributed by atoms with Gasteiger partial charge in [-0.1, -0.05) is 35.3 Å². The summed E-state index contributed by atoms with van der Waals surface area (Å²) in [6.07, 6.45) is 2.58. The summed E-state index contributed by atoms with van der Waals surface area (Å²) in [6, 6.07) is 6.72. The molecule has 24 heavy (non-hydrogen) atoms. The fourth-order valence-electron chi connectivity index (χ4n) is 2.81. The first-order chi connectivity index (χ1) is 11.5. The molecule has 0 aliphatic heterocycles. The maximum Gasteiger partial charge on any atom is 0.306 e. The molecule has 1 saturated carbocycles. The molecule has 1 heterocycles. The van der Waals surface area contributed by atoms with Crippen LogP contribution in [0.5, 0.6) is 5.75 Å². The Morgan fingerprint density at radius 3 is 2.58 bits per heavy atom. The minimum atomic E-state index is -0.817. The summed E-state index contributed by atoms with van der Waals surface area (Å²) in [5.41, 5.74) is 0.296. The van der Waals surface area contributed by atoms with Crippen LogP contribution in [0, 0.1) is 5.92 Å². The summed E-state index contributed by atoms with van der Waals surface area (Å²) >= 11 is 11.8. The lowest BCUT2D eigenvalue weighted by molar-refractivity contribution is -0.141. The summed E-state index contributed by atoms with van der Waals surface area (Å²) in [4.78, 5) is 23.7. The van der Waals surface area contributed by atoms with Crippen molar-refractivity contribution in [2.75, 3.05) is 0 Å². The molecule has 1 aromatic carbocycles. The quantitative estimate of drug-likeness (QED) is 0.788. The summed E-state index contributed by atoms with van der Waals surface area (Å²) in [7, 11) is 0. The van der Waals surface area contributed by atoms with Gasteiger partial charge in [-0.15, -0.1) is 0 Å². The zero-order chi connectivity index (χ0) is 17.3. The SMILES string of the molecule is O=C(c1ccccc1O[C@H]1CC[C@H](C(=O)O)C1)c1occ(Cl)c1Cl. The molecule has 0 unspecified atom stereocenters. The Balaban J connectivity index is 1.82. The fourth-order valence-corrected chi connectivity index (χ4v) is 3.11. The molecular formula is C17H14Cl2O5. The smallest absolute Gasteiger partial charge is 0.306 e. The van der Waals surface area contributed by atoms with Crippen LogP contribution in [0.3, 0.4) is 0 Å². The van der Waals surface area contributed by atoms with E-state index in [-0.39, 0.29) is 21.9 Å². The second kappa shape index (κ2) is 6.87. The molecule has 1 N–H and O–H groups in total. The highest BCUT2D eigenvalue weighted by Gasteiger charge is 2.32. The molecule has 0 spiro atoms. The van der Waals surface area contributed by atoms with Crippen molar-refractivity contribution >= 4 is 35.0 Å². The number of rotatable bonds is 5. The van der Waals surface area contributed by atoms with Gasteiger partial charge in [0.1, 0.15) is 17.0 Å². The number of halogens is 2. The van der Waals surface area contributed by atoms with Gasteiger partial charge < -0.3 is 14.3 Å². The van der Waals surface area contributed by atoms with Crippen LogP contribution < -0.4 is 4.74 Å². The zero-order valence-corrected chi connectivity index (χ0v) is 14.0. The monoisotopic (exact) mass is 368 g/mol. The molecule has 1 aromatic heterocycles. The molecular weight excluding hydrogens is 355 g/mol. The Bertz CT molecular complexity index is 783. The van der Waals surface area contributed by atoms with Gasteiger partial charge in [-0.3, -0.25) is 9.59 Å². The van der Waals surface area contributed by atoms with Crippen LogP contribution in [0.1, 0.15) is 35.4 Å². The van der Waals surface area contributed by atoms with Gasteiger partial charge in [0.25, 0.3) is 0 Å². The third kappa shape index (κ3) is 3.28. The van der Waals surface area contributed by atoms with Crippen molar-refractivity contribution in [3.63, 3.8) is 0 Å².